The molecule has 3 N–H and O–H groups in total. The number of rotatable bonds is 9. The van der Waals surface area contributed by atoms with Crippen molar-refractivity contribution in [3.63, 3.8) is 0 Å². The van der Waals surface area contributed by atoms with E-state index in [0.29, 0.717) is 6.54 Å². The molecule has 6 nitrogen and oxygen atoms in total. The zero-order valence-electron chi connectivity index (χ0n) is 16.7. The van der Waals surface area contributed by atoms with Gasteiger partial charge < -0.3 is 16.0 Å². The predicted octanol–water partition coefficient (Wildman–Crippen LogP) is 1.86. The molecular formula is C20H32ClFN4O2. The monoisotopic (exact) mass is 414 g/mol. The van der Waals surface area contributed by atoms with Crippen LogP contribution in [0.25, 0.3) is 0 Å². The van der Waals surface area contributed by atoms with Gasteiger partial charge in [0.05, 0.1) is 19.1 Å². The summed E-state index contributed by atoms with van der Waals surface area (Å²) >= 11 is 0. The zero-order valence-corrected chi connectivity index (χ0v) is 17.5. The van der Waals surface area contributed by atoms with E-state index in [9.17, 15) is 14.0 Å². The van der Waals surface area contributed by atoms with Gasteiger partial charge in [-0.15, -0.1) is 12.4 Å². The number of carbonyl (C=O) groups is 2. The van der Waals surface area contributed by atoms with Crippen LogP contribution in [0.2, 0.25) is 0 Å². The molecule has 1 aromatic carbocycles. The molecule has 1 heterocycles. The summed E-state index contributed by atoms with van der Waals surface area (Å²) in [7, 11) is 1.97. The summed E-state index contributed by atoms with van der Waals surface area (Å²) in [5, 5.41) is 8.66. The number of benzene rings is 1. The third-order valence-corrected chi connectivity index (χ3v) is 5.07. The maximum Gasteiger partial charge on any atom is 0.239 e. The van der Waals surface area contributed by atoms with Gasteiger partial charge in [-0.3, -0.25) is 14.5 Å². The van der Waals surface area contributed by atoms with Gasteiger partial charge in [-0.2, -0.15) is 0 Å². The molecule has 0 saturated carbocycles. The van der Waals surface area contributed by atoms with Gasteiger partial charge in [-0.05, 0) is 76.5 Å². The quantitative estimate of drug-likeness (QED) is 0.576. The Hall–Kier alpha value is -1.70. The second-order valence-corrected chi connectivity index (χ2v) is 7.23. The van der Waals surface area contributed by atoms with Crippen molar-refractivity contribution in [1.82, 2.24) is 20.9 Å². The second kappa shape index (κ2) is 12.7. The van der Waals surface area contributed by atoms with E-state index < -0.39 is 0 Å². The molecule has 1 saturated heterocycles. The number of amides is 2. The van der Waals surface area contributed by atoms with Crippen LogP contribution in [0.1, 0.15) is 37.8 Å². The lowest BCUT2D eigenvalue weighted by Gasteiger charge is -2.31. The Morgan fingerprint density at radius 2 is 1.82 bits per heavy atom. The average molecular weight is 415 g/mol. The highest BCUT2D eigenvalue weighted by atomic mass is 35.5. The normalized spacial score (nSPS) is 16.1. The van der Waals surface area contributed by atoms with E-state index in [0.717, 1.165) is 44.0 Å². The molecule has 1 aliphatic rings. The highest BCUT2D eigenvalue weighted by Gasteiger charge is 2.20. The molecular weight excluding hydrogens is 383 g/mol. The molecule has 158 valence electrons. The highest BCUT2D eigenvalue weighted by molar-refractivity contribution is 5.86. The maximum absolute atomic E-state index is 12.9. The van der Waals surface area contributed by atoms with Crippen LogP contribution < -0.4 is 16.0 Å². The minimum Gasteiger partial charge on any atom is -0.348 e. The van der Waals surface area contributed by atoms with Crippen molar-refractivity contribution in [2.75, 3.05) is 39.8 Å². The molecule has 2 amide bonds. The summed E-state index contributed by atoms with van der Waals surface area (Å²) in [5.74, 6) is 0.0327. The van der Waals surface area contributed by atoms with Crippen molar-refractivity contribution < 1.29 is 14.0 Å². The summed E-state index contributed by atoms with van der Waals surface area (Å²) in [6, 6.07) is 5.76. The van der Waals surface area contributed by atoms with Crippen LogP contribution in [0.5, 0.6) is 0 Å². The van der Waals surface area contributed by atoms with Crippen molar-refractivity contribution in [3.8, 4) is 0 Å². The van der Waals surface area contributed by atoms with Gasteiger partial charge in [-0.25, -0.2) is 4.39 Å². The first-order chi connectivity index (χ1) is 13.0. The minimum atomic E-state index is -0.310. The summed E-state index contributed by atoms with van der Waals surface area (Å²) < 4.78 is 12.9. The SMILES string of the molecule is CNCCC1CCN(CC(=O)NCC(=O)NC(C)c2ccc(F)cc2)CC1.Cl. The second-order valence-electron chi connectivity index (χ2n) is 7.23. The minimum absolute atomic E-state index is 0. The fourth-order valence-electron chi connectivity index (χ4n) is 3.35. The largest absolute Gasteiger partial charge is 0.348 e. The molecule has 1 aromatic rings. The lowest BCUT2D eigenvalue weighted by Crippen LogP contribution is -2.44. The first-order valence-corrected chi connectivity index (χ1v) is 9.66. The van der Waals surface area contributed by atoms with E-state index >= 15 is 0 Å². The molecule has 1 unspecified atom stereocenters. The summed E-state index contributed by atoms with van der Waals surface area (Å²) in [6.45, 7) is 5.00. The fourth-order valence-corrected chi connectivity index (χ4v) is 3.35. The van der Waals surface area contributed by atoms with Gasteiger partial charge in [0.1, 0.15) is 5.82 Å². The Morgan fingerprint density at radius 3 is 2.43 bits per heavy atom. The number of hydrogen-bond donors (Lipinski definition) is 3. The lowest BCUT2D eigenvalue weighted by atomic mass is 9.93. The Bertz CT molecular complexity index is 607. The van der Waals surface area contributed by atoms with Crippen LogP contribution in [0.15, 0.2) is 24.3 Å². The van der Waals surface area contributed by atoms with E-state index in [1.165, 1.54) is 18.6 Å². The van der Waals surface area contributed by atoms with E-state index in [4.69, 9.17) is 0 Å². The predicted molar refractivity (Wildman–Crippen MR) is 111 cm³/mol. The summed E-state index contributed by atoms with van der Waals surface area (Å²) in [5.41, 5.74) is 0.817. The van der Waals surface area contributed by atoms with Gasteiger partial charge >= 0.3 is 0 Å². The number of likely N-dealkylation sites (tertiary alicyclic amines) is 1. The first kappa shape index (κ1) is 24.3. The van der Waals surface area contributed by atoms with Crippen LogP contribution in [0.4, 0.5) is 4.39 Å². The van der Waals surface area contributed by atoms with Gasteiger partial charge in [0.25, 0.3) is 0 Å². The van der Waals surface area contributed by atoms with E-state index in [-0.39, 0.29) is 42.6 Å². The van der Waals surface area contributed by atoms with Crippen LogP contribution in [0, 0.1) is 11.7 Å². The fraction of sp³-hybridized carbons (Fsp3) is 0.600. The molecule has 8 heteroatoms. The molecule has 1 aliphatic heterocycles. The van der Waals surface area contributed by atoms with Crippen LogP contribution in [-0.2, 0) is 9.59 Å². The van der Waals surface area contributed by atoms with Crippen molar-refractivity contribution >= 4 is 24.2 Å². The van der Waals surface area contributed by atoms with Crippen molar-refractivity contribution in [2.45, 2.75) is 32.2 Å². The number of carbonyl (C=O) groups excluding carboxylic acids is 2. The Labute approximate surface area is 173 Å². The molecule has 0 radical (unpaired) electrons. The Morgan fingerprint density at radius 1 is 1.18 bits per heavy atom. The van der Waals surface area contributed by atoms with Gasteiger partial charge in [-0.1, -0.05) is 12.1 Å². The molecule has 0 aromatic heterocycles. The smallest absolute Gasteiger partial charge is 0.239 e. The topological polar surface area (TPSA) is 73.5 Å². The summed E-state index contributed by atoms with van der Waals surface area (Å²) in [4.78, 5) is 26.2. The van der Waals surface area contributed by atoms with E-state index in [1.54, 1.807) is 12.1 Å². The number of halogens is 2. The van der Waals surface area contributed by atoms with Crippen molar-refractivity contribution in [2.24, 2.45) is 5.92 Å². The van der Waals surface area contributed by atoms with Crippen molar-refractivity contribution in [3.05, 3.63) is 35.6 Å². The average Bonchev–Trinajstić information content (AvgIpc) is 2.66. The molecule has 28 heavy (non-hydrogen) atoms. The number of hydrogen-bond acceptors (Lipinski definition) is 4. The van der Waals surface area contributed by atoms with Crippen LogP contribution >= 0.6 is 12.4 Å². The molecule has 1 fully saturated rings. The Balaban J connectivity index is 0.00000392. The maximum atomic E-state index is 12.9. The van der Waals surface area contributed by atoms with Gasteiger partial charge in [0.15, 0.2) is 0 Å². The van der Waals surface area contributed by atoms with Crippen LogP contribution in [-0.4, -0.2) is 56.5 Å². The third-order valence-electron chi connectivity index (χ3n) is 5.07. The lowest BCUT2D eigenvalue weighted by molar-refractivity contribution is -0.127. The molecule has 1 atom stereocenters. The first-order valence-electron chi connectivity index (χ1n) is 9.66. The Kier molecular flexibility index (Phi) is 11.0. The number of nitrogens with one attached hydrogen (secondary N) is 3. The number of nitrogens with zero attached hydrogens (tertiary/aromatic N) is 1. The highest BCUT2D eigenvalue weighted by Crippen LogP contribution is 2.19. The van der Waals surface area contributed by atoms with Crippen molar-refractivity contribution in [1.29, 1.82) is 0 Å². The van der Waals surface area contributed by atoms with Gasteiger partial charge in [0.2, 0.25) is 11.8 Å². The van der Waals surface area contributed by atoms with E-state index in [1.807, 2.05) is 14.0 Å². The number of piperidine rings is 1. The third kappa shape index (κ3) is 8.54. The molecule has 0 aliphatic carbocycles. The van der Waals surface area contributed by atoms with E-state index in [2.05, 4.69) is 20.9 Å². The molecule has 0 bridgehead atoms. The molecule has 0 spiro atoms. The standard InChI is InChI=1S/C20H31FN4O2.ClH/c1-15(17-3-5-18(21)6-4-17)24-19(26)13-23-20(27)14-25-11-8-16(9-12-25)7-10-22-2;/h3-6,15-16,22H,7-14H2,1-2H3,(H,23,27)(H,24,26);1H. The summed E-state index contributed by atoms with van der Waals surface area (Å²) in [6.07, 6.45) is 3.41. The zero-order chi connectivity index (χ0) is 19.6. The van der Waals surface area contributed by atoms with Crippen LogP contribution in [0.3, 0.4) is 0 Å². The van der Waals surface area contributed by atoms with Gasteiger partial charge in [0, 0.05) is 0 Å². The molecule has 2 rings (SSSR count).